The van der Waals surface area contributed by atoms with Crippen molar-refractivity contribution in [3.05, 3.63) is 24.4 Å². The molecule has 42 heavy (non-hydrogen) atoms. The van der Waals surface area contributed by atoms with Crippen molar-refractivity contribution in [2.45, 2.75) is 76.3 Å². The van der Waals surface area contributed by atoms with E-state index in [2.05, 4.69) is 15.2 Å². The maximum atomic E-state index is 14.1. The molecule has 2 aliphatic rings. The van der Waals surface area contributed by atoms with Crippen molar-refractivity contribution in [2.75, 3.05) is 22.8 Å². The van der Waals surface area contributed by atoms with Crippen LogP contribution < -0.4 is 24.8 Å². The van der Waals surface area contributed by atoms with Gasteiger partial charge in [-0.15, -0.1) is 5.10 Å². The summed E-state index contributed by atoms with van der Waals surface area (Å²) in [7, 11) is -4.37. The number of ether oxygens (including phenoxy) is 3. The van der Waals surface area contributed by atoms with Crippen LogP contribution >= 0.6 is 0 Å². The summed E-state index contributed by atoms with van der Waals surface area (Å²) in [5.41, 5.74) is 2.83. The number of halogens is 3. The van der Waals surface area contributed by atoms with E-state index in [1.54, 1.807) is 13.8 Å². The molecule has 1 fully saturated rings. The van der Waals surface area contributed by atoms with Crippen molar-refractivity contribution in [3.8, 4) is 11.6 Å². The number of nitrogens with two attached hydrogens (primary N) is 1. The molecule has 2 aromatic rings. The van der Waals surface area contributed by atoms with Gasteiger partial charge in [0.2, 0.25) is 11.5 Å². The van der Waals surface area contributed by atoms with Crippen molar-refractivity contribution in [1.29, 1.82) is 0 Å². The second kappa shape index (κ2) is 11.5. The van der Waals surface area contributed by atoms with E-state index in [0.717, 1.165) is 17.1 Å². The molecule has 0 spiro atoms. The zero-order valence-corrected chi connectivity index (χ0v) is 24.4. The highest BCUT2D eigenvalue weighted by molar-refractivity contribution is 7.93. The first kappa shape index (κ1) is 31.3. The summed E-state index contributed by atoms with van der Waals surface area (Å²) in [6, 6.07) is 3.97. The van der Waals surface area contributed by atoms with Gasteiger partial charge in [0.1, 0.15) is 11.9 Å². The monoisotopic (exact) mass is 617 g/mol. The smallest absolute Gasteiger partial charge is 0.427 e. The van der Waals surface area contributed by atoms with E-state index >= 15 is 0 Å². The topological polar surface area (TPSA) is 155 Å². The summed E-state index contributed by atoms with van der Waals surface area (Å²) in [5.74, 6) is -0.892. The Morgan fingerprint density at radius 3 is 2.50 bits per heavy atom. The lowest BCUT2D eigenvalue weighted by Crippen LogP contribution is -2.45. The number of carbonyl (C=O) groups is 2. The largest absolute Gasteiger partial charge is 0.486 e. The molecule has 2 atom stereocenters. The Hall–Kier alpha value is -3.69. The average molecular weight is 618 g/mol. The van der Waals surface area contributed by atoms with Crippen LogP contribution in [0.4, 0.5) is 29.3 Å². The highest BCUT2D eigenvalue weighted by atomic mass is 32.2. The van der Waals surface area contributed by atoms with Crippen molar-refractivity contribution in [1.82, 2.24) is 9.78 Å². The van der Waals surface area contributed by atoms with Crippen LogP contribution in [0.15, 0.2) is 29.3 Å². The number of primary amides is 1. The molecular weight excluding hydrogens is 583 g/mol. The minimum Gasteiger partial charge on any atom is -0.486 e. The fourth-order valence-electron chi connectivity index (χ4n) is 4.58. The molecule has 1 aromatic carbocycles. The van der Waals surface area contributed by atoms with Crippen LogP contribution in [0.5, 0.6) is 11.6 Å². The number of nitrogens with zero attached hydrogens (tertiary/aromatic N) is 3. The quantitative estimate of drug-likeness (QED) is 0.383. The van der Waals surface area contributed by atoms with Gasteiger partial charge in [0.25, 0.3) is 15.9 Å². The number of hydrogen-bond acceptors (Lipinski definition) is 8. The minimum atomic E-state index is -4.82. The van der Waals surface area contributed by atoms with Crippen LogP contribution in [-0.2, 0) is 26.1 Å². The third-order valence-electron chi connectivity index (χ3n) is 7.11. The molecule has 2 amide bonds. The summed E-state index contributed by atoms with van der Waals surface area (Å²) >= 11 is 0. The maximum Gasteiger partial charge on any atom is 0.427 e. The molecule has 3 N–H and O–H groups in total. The molecule has 0 radical (unpaired) electrons. The Bertz CT molecular complexity index is 1440. The van der Waals surface area contributed by atoms with Gasteiger partial charge in [-0.05, 0) is 71.1 Å². The van der Waals surface area contributed by atoms with Gasteiger partial charge in [-0.1, -0.05) is 0 Å². The van der Waals surface area contributed by atoms with Gasteiger partial charge in [0.15, 0.2) is 4.90 Å². The molecule has 1 aliphatic heterocycles. The van der Waals surface area contributed by atoms with Crippen LogP contribution in [0.1, 0.15) is 47.0 Å². The molecular formula is C26H34F3N5O7S. The van der Waals surface area contributed by atoms with Crippen molar-refractivity contribution >= 4 is 33.4 Å². The highest BCUT2D eigenvalue weighted by Gasteiger charge is 2.51. The normalized spacial score (nSPS) is 18.1. The lowest BCUT2D eigenvalue weighted by atomic mass is 9.95. The van der Waals surface area contributed by atoms with E-state index in [4.69, 9.17) is 15.2 Å². The zero-order chi connectivity index (χ0) is 31.0. The number of aromatic nitrogens is 2. The number of fused-ring (bicyclic) bond motifs is 1. The molecule has 16 heteroatoms. The molecule has 1 aliphatic carbocycles. The SMILES string of the molecule is CCOc1nn(CC)cc1S(=O)(=O)N1C[C@H](C[C@@H](C(N)=O)C2CC2)Oc2ccc(NC(=O)OC(C)(C)C(F)(F)F)cc21. The van der Waals surface area contributed by atoms with Gasteiger partial charge in [-0.3, -0.25) is 19.1 Å². The van der Waals surface area contributed by atoms with Crippen LogP contribution in [0, 0.1) is 11.8 Å². The van der Waals surface area contributed by atoms with E-state index in [0.29, 0.717) is 20.4 Å². The number of carbonyl (C=O) groups excluding carboxylic acids is 2. The van der Waals surface area contributed by atoms with Gasteiger partial charge in [0, 0.05) is 24.3 Å². The molecule has 1 aromatic heterocycles. The van der Waals surface area contributed by atoms with Gasteiger partial charge in [-0.2, -0.15) is 13.2 Å². The summed E-state index contributed by atoms with van der Waals surface area (Å²) in [6.07, 6.45) is -3.78. The number of rotatable bonds is 11. The summed E-state index contributed by atoms with van der Waals surface area (Å²) in [5, 5.41) is 6.42. The number of nitrogens with one attached hydrogen (secondary N) is 1. The number of sulfonamides is 1. The predicted octanol–water partition coefficient (Wildman–Crippen LogP) is 4.05. The van der Waals surface area contributed by atoms with Gasteiger partial charge < -0.3 is 19.9 Å². The Kier molecular flexibility index (Phi) is 8.58. The second-order valence-corrected chi connectivity index (χ2v) is 12.5. The van der Waals surface area contributed by atoms with Crippen LogP contribution in [-0.4, -0.2) is 61.2 Å². The number of alkyl halides is 3. The van der Waals surface area contributed by atoms with E-state index < -0.39 is 45.8 Å². The standard InChI is InChI=1S/C26H34F3N5O7S/c1-5-33-14-21(23(32-33)39-6-2)42(37,38)34-13-17(12-18(22(30)35)15-7-8-15)40-20-10-9-16(11-19(20)34)31-24(36)41-25(3,4)26(27,28)29/h9-11,14-15,17-18H,5-8,12-13H2,1-4H3,(H2,30,35)(H,31,36)/t17-,18+/m0/s1. The fraction of sp³-hybridized carbons (Fsp3) is 0.577. The number of anilines is 2. The third kappa shape index (κ3) is 6.52. The first-order valence-corrected chi connectivity index (χ1v) is 14.9. The van der Waals surface area contributed by atoms with E-state index in [-0.39, 0.29) is 53.4 Å². The Labute approximate surface area is 241 Å². The maximum absolute atomic E-state index is 14.1. The van der Waals surface area contributed by atoms with Crippen molar-refractivity contribution in [3.63, 3.8) is 0 Å². The molecule has 4 rings (SSSR count). The molecule has 2 heterocycles. The first-order valence-electron chi connectivity index (χ1n) is 13.5. The Balaban J connectivity index is 1.71. The second-order valence-electron chi connectivity index (χ2n) is 10.7. The number of hydrogen-bond donors (Lipinski definition) is 2. The summed E-state index contributed by atoms with van der Waals surface area (Å²) in [6.45, 7) is 5.16. The predicted molar refractivity (Wildman–Crippen MR) is 145 cm³/mol. The molecule has 232 valence electrons. The molecule has 0 bridgehead atoms. The number of aryl methyl sites for hydroxylation is 1. The van der Waals surface area contributed by atoms with Gasteiger partial charge >= 0.3 is 12.3 Å². The first-order chi connectivity index (χ1) is 19.6. The number of benzene rings is 1. The number of amides is 2. The van der Waals surface area contributed by atoms with Gasteiger partial charge in [-0.25, -0.2) is 13.2 Å². The lowest BCUT2D eigenvalue weighted by molar-refractivity contribution is -0.242. The Morgan fingerprint density at radius 1 is 1.24 bits per heavy atom. The summed E-state index contributed by atoms with van der Waals surface area (Å²) in [4.78, 5) is 24.3. The lowest BCUT2D eigenvalue weighted by Gasteiger charge is -2.36. The van der Waals surface area contributed by atoms with Crippen LogP contribution in [0.3, 0.4) is 0 Å². The van der Waals surface area contributed by atoms with Crippen molar-refractivity contribution < 1.29 is 45.4 Å². The van der Waals surface area contributed by atoms with Crippen LogP contribution in [0.2, 0.25) is 0 Å². The highest BCUT2D eigenvalue weighted by Crippen LogP contribution is 2.44. The van der Waals surface area contributed by atoms with Crippen LogP contribution in [0.25, 0.3) is 0 Å². The minimum absolute atomic E-state index is 0.00729. The van der Waals surface area contributed by atoms with Crippen molar-refractivity contribution in [2.24, 2.45) is 17.6 Å². The Morgan fingerprint density at radius 2 is 1.93 bits per heavy atom. The fourth-order valence-corrected chi connectivity index (χ4v) is 6.15. The van der Waals surface area contributed by atoms with Gasteiger partial charge in [0.05, 0.1) is 18.8 Å². The van der Waals surface area contributed by atoms with E-state index in [1.807, 2.05) is 0 Å². The zero-order valence-electron chi connectivity index (χ0n) is 23.6. The van der Waals surface area contributed by atoms with E-state index in [9.17, 15) is 31.2 Å². The molecule has 0 unspecified atom stereocenters. The third-order valence-corrected chi connectivity index (χ3v) is 8.87. The summed E-state index contributed by atoms with van der Waals surface area (Å²) < 4.78 is 86.5. The molecule has 0 saturated heterocycles. The molecule has 12 nitrogen and oxygen atoms in total. The average Bonchev–Trinajstić information content (AvgIpc) is 3.64. The molecule has 1 saturated carbocycles. The van der Waals surface area contributed by atoms with E-state index in [1.165, 1.54) is 29.1 Å².